The quantitative estimate of drug-likeness (QED) is 0.665. The lowest BCUT2D eigenvalue weighted by Gasteiger charge is -2.36. The maximum Gasteiger partial charge on any atom is 0.252 e. The Morgan fingerprint density at radius 2 is 1.54 bits per heavy atom. The van der Waals surface area contributed by atoms with E-state index in [1.165, 1.54) is 0 Å². The Labute approximate surface area is 139 Å². The molecular weight excluding hydrogens is 322 g/mol. The molecule has 24 heavy (non-hydrogen) atoms. The van der Waals surface area contributed by atoms with Gasteiger partial charge in [-0.25, -0.2) is 0 Å². The summed E-state index contributed by atoms with van der Waals surface area (Å²) >= 11 is 0. The lowest BCUT2D eigenvalue weighted by Crippen LogP contribution is -2.59. The van der Waals surface area contributed by atoms with E-state index in [4.69, 9.17) is 23.7 Å². The Morgan fingerprint density at radius 3 is 2.21 bits per heavy atom. The Bertz CT molecular complexity index is 534. The van der Waals surface area contributed by atoms with Crippen molar-refractivity contribution in [2.75, 3.05) is 6.54 Å². The van der Waals surface area contributed by atoms with E-state index in [-0.39, 0.29) is 13.0 Å². The number of ether oxygens (including phenoxy) is 5. The molecule has 0 saturated carbocycles. The maximum absolute atomic E-state index is 12.4. The molecule has 9 nitrogen and oxygen atoms in total. The number of carboxylic acid groups (broad SMARTS) is 1. The number of carbonyl (C=O) groups excluding carboxylic acids is 2. The van der Waals surface area contributed by atoms with E-state index in [1.807, 2.05) is 0 Å². The number of amides is 1. The van der Waals surface area contributed by atoms with E-state index >= 15 is 0 Å². The van der Waals surface area contributed by atoms with Crippen LogP contribution < -0.4 is 10.4 Å². The fourth-order valence-corrected chi connectivity index (χ4v) is 3.21. The summed E-state index contributed by atoms with van der Waals surface area (Å²) in [5.74, 6) is -3.49. The van der Waals surface area contributed by atoms with E-state index in [0.29, 0.717) is 0 Å². The van der Waals surface area contributed by atoms with Crippen molar-refractivity contribution in [2.24, 2.45) is 0 Å². The average molecular weight is 344 g/mol. The third-order valence-corrected chi connectivity index (χ3v) is 4.04. The van der Waals surface area contributed by atoms with Crippen LogP contribution in [0.1, 0.15) is 34.1 Å². The molecular formula is C15H22NO8-. The van der Waals surface area contributed by atoms with Crippen molar-refractivity contribution in [3.63, 3.8) is 0 Å². The Balaban J connectivity index is 1.75. The first kappa shape index (κ1) is 17.6. The lowest BCUT2D eigenvalue weighted by molar-refractivity contribution is -0.305. The summed E-state index contributed by atoms with van der Waals surface area (Å²) in [5, 5.41) is 13.0. The zero-order valence-corrected chi connectivity index (χ0v) is 14.1. The molecule has 3 aliphatic heterocycles. The number of carboxylic acids is 1. The number of fused-ring (bicyclic) bond motifs is 3. The first-order chi connectivity index (χ1) is 11.1. The van der Waals surface area contributed by atoms with Crippen LogP contribution in [-0.2, 0) is 33.3 Å². The highest BCUT2D eigenvalue weighted by molar-refractivity contribution is 5.82. The van der Waals surface area contributed by atoms with E-state index in [9.17, 15) is 14.7 Å². The molecule has 1 N–H and O–H groups in total. The Morgan fingerprint density at radius 1 is 0.958 bits per heavy atom. The fraction of sp³-hybridized carbons (Fsp3) is 0.867. The first-order valence-corrected chi connectivity index (χ1v) is 7.92. The summed E-state index contributed by atoms with van der Waals surface area (Å²) in [6.45, 7) is 6.93. The van der Waals surface area contributed by atoms with E-state index in [0.717, 1.165) is 0 Å². The molecule has 3 fully saturated rings. The standard InChI is InChI=1S/C15H23NO8/c1-14(2)21-8-9(22-14)11-13(24-15(3,4)23-11)20-10(8)12(19)16-6-5-7(17)18/h8-11,13H,5-6H2,1-4H3,(H,16,19)(H,17,18)/p-1/t8-,9+,10+,11-,13-/m1/s1. The van der Waals surface area contributed by atoms with Crippen LogP contribution in [0.3, 0.4) is 0 Å². The molecule has 0 spiro atoms. The highest BCUT2D eigenvalue weighted by atomic mass is 16.9. The second kappa shape index (κ2) is 5.92. The second-order valence-electron chi connectivity index (χ2n) is 7.00. The predicted octanol–water partition coefficient (Wildman–Crippen LogP) is -1.36. The van der Waals surface area contributed by atoms with Crippen molar-refractivity contribution in [1.82, 2.24) is 5.32 Å². The summed E-state index contributed by atoms with van der Waals surface area (Å²) in [7, 11) is 0. The molecule has 0 aromatic rings. The van der Waals surface area contributed by atoms with Gasteiger partial charge in [0.25, 0.3) is 5.91 Å². The van der Waals surface area contributed by atoms with Crippen molar-refractivity contribution in [3.8, 4) is 0 Å². The van der Waals surface area contributed by atoms with Gasteiger partial charge in [-0.2, -0.15) is 0 Å². The van der Waals surface area contributed by atoms with Crippen LogP contribution in [0.5, 0.6) is 0 Å². The number of hydrogen-bond acceptors (Lipinski definition) is 8. The van der Waals surface area contributed by atoms with Gasteiger partial charge in [0.15, 0.2) is 24.0 Å². The van der Waals surface area contributed by atoms with Crippen molar-refractivity contribution >= 4 is 11.9 Å². The normalized spacial score (nSPS) is 39.1. The average Bonchev–Trinajstić information content (AvgIpc) is 2.91. The Kier molecular flexibility index (Phi) is 4.33. The Hall–Kier alpha value is -1.26. The van der Waals surface area contributed by atoms with Crippen molar-refractivity contribution in [2.45, 2.75) is 76.4 Å². The van der Waals surface area contributed by atoms with Crippen molar-refractivity contribution in [1.29, 1.82) is 0 Å². The summed E-state index contributed by atoms with van der Waals surface area (Å²) in [6.07, 6.45) is -3.76. The van der Waals surface area contributed by atoms with Gasteiger partial charge in [0.05, 0.1) is 0 Å². The molecule has 3 saturated heterocycles. The number of hydrogen-bond donors (Lipinski definition) is 1. The van der Waals surface area contributed by atoms with E-state index < -0.39 is 54.2 Å². The molecule has 0 unspecified atom stereocenters. The van der Waals surface area contributed by atoms with Gasteiger partial charge in [-0.15, -0.1) is 0 Å². The topological polar surface area (TPSA) is 115 Å². The van der Waals surface area contributed by atoms with Crippen molar-refractivity contribution in [3.05, 3.63) is 0 Å². The van der Waals surface area contributed by atoms with E-state index in [2.05, 4.69) is 5.32 Å². The van der Waals surface area contributed by atoms with Crippen LogP contribution >= 0.6 is 0 Å². The molecule has 0 bridgehead atoms. The number of rotatable bonds is 4. The van der Waals surface area contributed by atoms with E-state index in [1.54, 1.807) is 27.7 Å². The largest absolute Gasteiger partial charge is 0.550 e. The number of aliphatic carboxylic acids is 1. The molecule has 0 aromatic heterocycles. The minimum absolute atomic E-state index is 0.0559. The lowest BCUT2D eigenvalue weighted by atomic mass is 9.98. The molecule has 5 atom stereocenters. The fourth-order valence-electron chi connectivity index (χ4n) is 3.21. The predicted molar refractivity (Wildman–Crippen MR) is 75.2 cm³/mol. The van der Waals surface area contributed by atoms with Crippen LogP contribution in [0.25, 0.3) is 0 Å². The smallest absolute Gasteiger partial charge is 0.252 e. The summed E-state index contributed by atoms with van der Waals surface area (Å²) < 4.78 is 29.0. The molecule has 9 heteroatoms. The summed E-state index contributed by atoms with van der Waals surface area (Å²) in [4.78, 5) is 22.9. The highest BCUT2D eigenvalue weighted by Gasteiger charge is 2.62. The number of carbonyl (C=O) groups is 2. The zero-order chi connectivity index (χ0) is 17.7. The SMILES string of the molecule is CC1(C)O[C@H]2[C@@H](O1)[C@@H](C(=O)NCCC(=O)[O-])O[C@@H]1OC(C)(C)O[C@@H]12. The van der Waals surface area contributed by atoms with Gasteiger partial charge < -0.3 is 38.9 Å². The van der Waals surface area contributed by atoms with Crippen LogP contribution in [-0.4, -0.2) is 60.7 Å². The van der Waals surface area contributed by atoms with Gasteiger partial charge in [0.1, 0.15) is 18.3 Å². The minimum atomic E-state index is -1.24. The molecule has 0 aromatic carbocycles. The van der Waals surface area contributed by atoms with Gasteiger partial charge in [-0.1, -0.05) is 0 Å². The van der Waals surface area contributed by atoms with Gasteiger partial charge in [-0.3, -0.25) is 4.79 Å². The molecule has 3 heterocycles. The monoisotopic (exact) mass is 344 g/mol. The first-order valence-electron chi connectivity index (χ1n) is 7.92. The number of nitrogens with one attached hydrogen (secondary N) is 1. The van der Waals surface area contributed by atoms with Crippen LogP contribution in [0.15, 0.2) is 0 Å². The molecule has 1 amide bonds. The molecule has 3 rings (SSSR count). The molecule has 0 radical (unpaired) electrons. The third-order valence-electron chi connectivity index (χ3n) is 4.04. The van der Waals surface area contributed by atoms with Gasteiger partial charge >= 0.3 is 0 Å². The molecule has 3 aliphatic rings. The van der Waals surface area contributed by atoms with Gasteiger partial charge in [0, 0.05) is 18.9 Å². The second-order valence-corrected chi connectivity index (χ2v) is 7.00. The molecule has 0 aliphatic carbocycles. The zero-order valence-electron chi connectivity index (χ0n) is 14.1. The highest BCUT2D eigenvalue weighted by Crippen LogP contribution is 2.44. The van der Waals surface area contributed by atoms with Crippen LogP contribution in [0.4, 0.5) is 0 Å². The third kappa shape index (κ3) is 3.40. The maximum atomic E-state index is 12.4. The van der Waals surface area contributed by atoms with Gasteiger partial charge in [-0.05, 0) is 27.7 Å². The molecule has 136 valence electrons. The van der Waals surface area contributed by atoms with Crippen LogP contribution in [0.2, 0.25) is 0 Å². The van der Waals surface area contributed by atoms with Crippen LogP contribution in [0, 0.1) is 0 Å². The minimum Gasteiger partial charge on any atom is -0.550 e. The summed E-state index contributed by atoms with van der Waals surface area (Å²) in [5.41, 5.74) is 0. The van der Waals surface area contributed by atoms with Crippen molar-refractivity contribution < 1.29 is 38.4 Å². The van der Waals surface area contributed by atoms with Gasteiger partial charge in [0.2, 0.25) is 0 Å². The summed E-state index contributed by atoms with van der Waals surface area (Å²) in [6, 6.07) is 0.